The molecule has 0 amide bonds. The fourth-order valence-corrected chi connectivity index (χ4v) is 3.74. The van der Waals surface area contributed by atoms with E-state index in [0.717, 1.165) is 12.8 Å². The summed E-state index contributed by atoms with van der Waals surface area (Å²) in [6.07, 6.45) is 1.83. The summed E-state index contributed by atoms with van der Waals surface area (Å²) in [5, 5.41) is 8.91. The average molecular weight is 294 g/mol. The zero-order chi connectivity index (χ0) is 14.8. The van der Waals surface area contributed by atoms with Crippen molar-refractivity contribution in [1.82, 2.24) is 4.31 Å². The van der Waals surface area contributed by atoms with E-state index in [1.54, 1.807) is 26.1 Å². The third-order valence-electron chi connectivity index (χ3n) is 3.49. The fraction of sp³-hybridized carbons (Fsp3) is 0.500. The van der Waals surface area contributed by atoms with E-state index >= 15 is 0 Å². The monoisotopic (exact) mass is 294 g/mol. The molecule has 1 unspecified atom stereocenters. The summed E-state index contributed by atoms with van der Waals surface area (Å²) in [4.78, 5) is 0.192. The lowest BCUT2D eigenvalue weighted by molar-refractivity contribution is 0.0979. The van der Waals surface area contributed by atoms with E-state index in [1.807, 2.05) is 6.07 Å². The first-order chi connectivity index (χ1) is 9.45. The Labute approximate surface area is 119 Å². The second kappa shape index (κ2) is 5.92. The Hall–Kier alpha value is -1.42. The van der Waals surface area contributed by atoms with Gasteiger partial charge in [0.1, 0.15) is 0 Å². The molecule has 5 nitrogen and oxygen atoms in total. The third-order valence-corrected chi connectivity index (χ3v) is 5.46. The molecule has 20 heavy (non-hydrogen) atoms. The zero-order valence-corrected chi connectivity index (χ0v) is 12.5. The number of likely N-dealkylation sites (N-methyl/N-ethyl adjacent to an activating group) is 1. The van der Waals surface area contributed by atoms with Crippen molar-refractivity contribution < 1.29 is 13.2 Å². The summed E-state index contributed by atoms with van der Waals surface area (Å²) in [6, 6.07) is 6.68. The molecule has 0 N–H and O–H groups in total. The molecule has 0 radical (unpaired) electrons. The summed E-state index contributed by atoms with van der Waals surface area (Å²) in [5.41, 5.74) is 0.989. The molecule has 1 aromatic carbocycles. The van der Waals surface area contributed by atoms with Crippen molar-refractivity contribution in [3.05, 3.63) is 29.3 Å². The first kappa shape index (κ1) is 15.0. The largest absolute Gasteiger partial charge is 0.377 e. The average Bonchev–Trinajstić information content (AvgIpc) is 2.92. The van der Waals surface area contributed by atoms with Gasteiger partial charge in [0.15, 0.2) is 0 Å². The van der Waals surface area contributed by atoms with Gasteiger partial charge >= 0.3 is 0 Å². The minimum Gasteiger partial charge on any atom is -0.377 e. The Bertz CT molecular complexity index is 628. The lowest BCUT2D eigenvalue weighted by atomic mass is 10.2. The molecule has 0 saturated carbocycles. The van der Waals surface area contributed by atoms with Crippen LogP contribution in [0.3, 0.4) is 0 Å². The predicted molar refractivity (Wildman–Crippen MR) is 74.7 cm³/mol. The number of sulfonamides is 1. The van der Waals surface area contributed by atoms with Gasteiger partial charge in [-0.1, -0.05) is 6.07 Å². The van der Waals surface area contributed by atoms with Gasteiger partial charge in [-0.15, -0.1) is 0 Å². The van der Waals surface area contributed by atoms with Crippen molar-refractivity contribution in [2.75, 3.05) is 20.2 Å². The van der Waals surface area contributed by atoms with Gasteiger partial charge in [-0.05, 0) is 37.5 Å². The van der Waals surface area contributed by atoms with Crippen LogP contribution in [0, 0.1) is 18.3 Å². The zero-order valence-electron chi connectivity index (χ0n) is 11.7. The molecule has 0 bridgehead atoms. The molecule has 0 aliphatic carbocycles. The van der Waals surface area contributed by atoms with Gasteiger partial charge in [-0.25, -0.2) is 8.42 Å². The number of ether oxygens (including phenoxy) is 1. The number of aryl methyl sites for hydroxylation is 1. The van der Waals surface area contributed by atoms with Crippen LogP contribution >= 0.6 is 0 Å². The van der Waals surface area contributed by atoms with E-state index in [1.165, 1.54) is 10.4 Å². The molecule has 1 aromatic rings. The molecular formula is C14H18N2O3S. The summed E-state index contributed by atoms with van der Waals surface area (Å²) >= 11 is 0. The van der Waals surface area contributed by atoms with Gasteiger partial charge in [-0.2, -0.15) is 9.57 Å². The standard InChI is InChI=1S/C14H18N2O3S/c1-11-5-6-12(9-15)8-14(11)20(17,18)16(2)10-13-4-3-7-19-13/h5-6,8,13H,3-4,7,10H2,1-2H3. The van der Waals surface area contributed by atoms with Crippen molar-refractivity contribution in [3.63, 3.8) is 0 Å². The molecule has 0 aromatic heterocycles. The minimum absolute atomic E-state index is 0.0331. The van der Waals surface area contributed by atoms with Crippen LogP contribution in [0.1, 0.15) is 24.0 Å². The maximum absolute atomic E-state index is 12.6. The number of rotatable bonds is 4. The molecular weight excluding hydrogens is 276 g/mol. The van der Waals surface area contributed by atoms with E-state index in [2.05, 4.69) is 0 Å². The van der Waals surface area contributed by atoms with Crippen molar-refractivity contribution >= 4 is 10.0 Å². The molecule has 1 fully saturated rings. The maximum Gasteiger partial charge on any atom is 0.243 e. The summed E-state index contributed by atoms with van der Waals surface area (Å²) in [6.45, 7) is 2.77. The highest BCUT2D eigenvalue weighted by atomic mass is 32.2. The molecule has 2 rings (SSSR count). The quantitative estimate of drug-likeness (QED) is 0.847. The molecule has 1 aliphatic rings. The van der Waals surface area contributed by atoms with Gasteiger partial charge in [-0.3, -0.25) is 0 Å². The first-order valence-corrected chi connectivity index (χ1v) is 7.98. The van der Waals surface area contributed by atoms with Crippen LogP contribution < -0.4 is 0 Å². The smallest absolute Gasteiger partial charge is 0.243 e. The topological polar surface area (TPSA) is 70.4 Å². The molecule has 108 valence electrons. The molecule has 0 spiro atoms. The van der Waals surface area contributed by atoms with E-state index < -0.39 is 10.0 Å². The van der Waals surface area contributed by atoms with E-state index in [4.69, 9.17) is 10.00 Å². The number of hydrogen-bond donors (Lipinski definition) is 0. The van der Waals surface area contributed by atoms with Crippen molar-refractivity contribution in [2.24, 2.45) is 0 Å². The van der Waals surface area contributed by atoms with Gasteiger partial charge in [0.2, 0.25) is 10.0 Å². The lowest BCUT2D eigenvalue weighted by Gasteiger charge is -2.21. The number of hydrogen-bond acceptors (Lipinski definition) is 4. The molecule has 1 heterocycles. The molecule has 1 atom stereocenters. The maximum atomic E-state index is 12.6. The SMILES string of the molecule is Cc1ccc(C#N)cc1S(=O)(=O)N(C)CC1CCCO1. The highest BCUT2D eigenvalue weighted by molar-refractivity contribution is 7.89. The van der Waals surface area contributed by atoms with Gasteiger partial charge in [0.25, 0.3) is 0 Å². The number of nitrogens with zero attached hydrogens (tertiary/aromatic N) is 2. The second-order valence-corrected chi connectivity index (χ2v) is 7.03. The minimum atomic E-state index is -3.59. The Kier molecular flexibility index (Phi) is 4.43. The van der Waals surface area contributed by atoms with E-state index in [9.17, 15) is 8.42 Å². The van der Waals surface area contributed by atoms with Crippen LogP contribution in [0.4, 0.5) is 0 Å². The second-order valence-electron chi connectivity index (χ2n) is 5.01. The normalized spacial score (nSPS) is 19.2. The van der Waals surface area contributed by atoms with Crippen molar-refractivity contribution in [2.45, 2.75) is 30.8 Å². The number of nitriles is 1. The van der Waals surface area contributed by atoms with Gasteiger partial charge < -0.3 is 4.74 Å². The van der Waals surface area contributed by atoms with Crippen LogP contribution in [0.15, 0.2) is 23.1 Å². The number of benzene rings is 1. The third kappa shape index (κ3) is 3.01. The summed E-state index contributed by atoms with van der Waals surface area (Å²) in [5.74, 6) is 0. The van der Waals surface area contributed by atoms with Crippen molar-refractivity contribution in [1.29, 1.82) is 5.26 Å². The molecule has 1 saturated heterocycles. The molecule has 6 heteroatoms. The van der Waals surface area contributed by atoms with Gasteiger partial charge in [0, 0.05) is 20.2 Å². The van der Waals surface area contributed by atoms with E-state index in [-0.39, 0.29) is 11.0 Å². The Morgan fingerprint density at radius 2 is 2.25 bits per heavy atom. The summed E-state index contributed by atoms with van der Waals surface area (Å²) in [7, 11) is -2.04. The van der Waals surface area contributed by atoms with Crippen molar-refractivity contribution in [3.8, 4) is 6.07 Å². The first-order valence-electron chi connectivity index (χ1n) is 6.54. The fourth-order valence-electron chi connectivity index (χ4n) is 2.29. The Morgan fingerprint density at radius 3 is 2.85 bits per heavy atom. The van der Waals surface area contributed by atoms with Crippen LogP contribution in [0.25, 0.3) is 0 Å². The Balaban J connectivity index is 2.27. The predicted octanol–water partition coefficient (Wildman–Crippen LogP) is 1.67. The van der Waals surface area contributed by atoms with Crippen LogP contribution in [0.5, 0.6) is 0 Å². The highest BCUT2D eigenvalue weighted by Crippen LogP contribution is 2.22. The lowest BCUT2D eigenvalue weighted by Crippen LogP contribution is -2.34. The molecule has 1 aliphatic heterocycles. The van der Waals surface area contributed by atoms with Crippen LogP contribution in [0.2, 0.25) is 0 Å². The highest BCUT2D eigenvalue weighted by Gasteiger charge is 2.27. The van der Waals surface area contributed by atoms with Crippen LogP contribution in [-0.2, 0) is 14.8 Å². The van der Waals surface area contributed by atoms with Gasteiger partial charge in [0.05, 0.1) is 22.6 Å². The Morgan fingerprint density at radius 1 is 1.50 bits per heavy atom. The van der Waals surface area contributed by atoms with E-state index in [0.29, 0.717) is 24.3 Å². The summed E-state index contributed by atoms with van der Waals surface area (Å²) < 4.78 is 31.9. The van der Waals surface area contributed by atoms with Crippen LogP contribution in [-0.4, -0.2) is 39.0 Å².